The lowest BCUT2D eigenvalue weighted by Crippen LogP contribution is -2.10. The molecular formula is C73H71N. The highest BCUT2D eigenvalue weighted by atomic mass is 14.7. The lowest BCUT2D eigenvalue weighted by Gasteiger charge is -2.20. The van der Waals surface area contributed by atoms with E-state index in [2.05, 4.69) is 289 Å². The van der Waals surface area contributed by atoms with Gasteiger partial charge in [-0.2, -0.15) is 0 Å². The Labute approximate surface area is 442 Å². The fourth-order valence-electron chi connectivity index (χ4n) is 10.2. The first-order chi connectivity index (χ1) is 35.1. The van der Waals surface area contributed by atoms with E-state index in [-0.39, 0.29) is 21.7 Å². The Bertz CT molecular complexity index is 3300. The normalized spacial score (nSPS) is 12.3. The Morgan fingerprint density at radius 3 is 0.824 bits per heavy atom. The molecule has 0 fully saturated rings. The molecule has 1 aromatic heterocycles. The molecule has 1 heteroatoms. The fraction of sp³-hybridized carbons (Fsp3) is 0.219. The van der Waals surface area contributed by atoms with Crippen molar-refractivity contribution >= 4 is 10.8 Å². The van der Waals surface area contributed by atoms with Gasteiger partial charge in [-0.25, -0.2) is 0 Å². The van der Waals surface area contributed by atoms with Crippen molar-refractivity contribution < 1.29 is 0 Å². The summed E-state index contributed by atoms with van der Waals surface area (Å²) in [6.07, 6.45) is 1.93. The van der Waals surface area contributed by atoms with E-state index < -0.39 is 0 Å². The van der Waals surface area contributed by atoms with Gasteiger partial charge < -0.3 is 0 Å². The number of aromatic nitrogens is 1. The van der Waals surface area contributed by atoms with Crippen LogP contribution in [0.25, 0.3) is 99.9 Å². The summed E-state index contributed by atoms with van der Waals surface area (Å²) in [6, 6.07) is 78.0. The van der Waals surface area contributed by atoms with Gasteiger partial charge in [-0.05, 0) is 194 Å². The van der Waals surface area contributed by atoms with Crippen LogP contribution in [0.4, 0.5) is 0 Å². The van der Waals surface area contributed by atoms with E-state index in [1.165, 1.54) is 83.3 Å². The van der Waals surface area contributed by atoms with Crippen molar-refractivity contribution in [3.8, 4) is 89.1 Å². The largest absolute Gasteiger partial charge is 0.256 e. The molecule has 10 aromatic rings. The van der Waals surface area contributed by atoms with Crippen LogP contribution in [0.15, 0.2) is 212 Å². The van der Waals surface area contributed by atoms with Crippen LogP contribution in [0, 0.1) is 0 Å². The van der Waals surface area contributed by atoms with Gasteiger partial charge >= 0.3 is 0 Å². The lowest BCUT2D eigenvalue weighted by atomic mass is 9.84. The van der Waals surface area contributed by atoms with Gasteiger partial charge in [0.05, 0.1) is 5.69 Å². The zero-order valence-electron chi connectivity index (χ0n) is 45.7. The predicted octanol–water partition coefficient (Wildman–Crippen LogP) is 20.8. The minimum atomic E-state index is 0.0566. The van der Waals surface area contributed by atoms with Gasteiger partial charge in [-0.15, -0.1) is 0 Å². The summed E-state index contributed by atoms with van der Waals surface area (Å²) in [7, 11) is 0. The number of hydrogen-bond acceptors (Lipinski definition) is 1. The maximum Gasteiger partial charge on any atom is 0.0780 e. The smallest absolute Gasteiger partial charge is 0.0780 e. The van der Waals surface area contributed by atoms with Gasteiger partial charge in [0, 0.05) is 17.1 Å². The molecule has 0 saturated heterocycles. The lowest BCUT2D eigenvalue weighted by molar-refractivity contribution is 0.590. The molecule has 0 atom stereocenters. The maximum absolute atomic E-state index is 4.97. The van der Waals surface area contributed by atoms with Crippen LogP contribution in [-0.2, 0) is 21.7 Å². The topological polar surface area (TPSA) is 12.9 Å². The highest BCUT2D eigenvalue weighted by Gasteiger charge is 2.20. The molecule has 0 unspecified atom stereocenters. The van der Waals surface area contributed by atoms with Gasteiger partial charge in [0.1, 0.15) is 0 Å². The van der Waals surface area contributed by atoms with E-state index in [1.807, 2.05) is 6.20 Å². The van der Waals surface area contributed by atoms with E-state index >= 15 is 0 Å². The van der Waals surface area contributed by atoms with E-state index in [4.69, 9.17) is 4.98 Å². The molecule has 0 aliphatic heterocycles. The van der Waals surface area contributed by atoms with Crippen molar-refractivity contribution in [2.75, 3.05) is 0 Å². The molecule has 0 amide bonds. The monoisotopic (exact) mass is 962 g/mol. The van der Waals surface area contributed by atoms with Gasteiger partial charge in [0.25, 0.3) is 0 Å². The third-order valence-corrected chi connectivity index (χ3v) is 14.9. The van der Waals surface area contributed by atoms with Crippen LogP contribution in [0.3, 0.4) is 0 Å². The summed E-state index contributed by atoms with van der Waals surface area (Å²) in [6.45, 7) is 27.4. The molecule has 0 radical (unpaired) electrons. The second kappa shape index (κ2) is 19.3. The van der Waals surface area contributed by atoms with Crippen LogP contribution >= 0.6 is 0 Å². The van der Waals surface area contributed by atoms with Crippen molar-refractivity contribution in [3.05, 3.63) is 235 Å². The van der Waals surface area contributed by atoms with Crippen molar-refractivity contribution in [2.45, 2.75) is 105 Å². The van der Waals surface area contributed by atoms with E-state index in [1.54, 1.807) is 0 Å². The quantitative estimate of drug-likeness (QED) is 0.148. The molecule has 0 bridgehead atoms. The molecule has 0 aliphatic carbocycles. The van der Waals surface area contributed by atoms with Crippen molar-refractivity contribution in [2.24, 2.45) is 0 Å². The first kappa shape index (κ1) is 49.9. The van der Waals surface area contributed by atoms with Crippen LogP contribution in [-0.4, -0.2) is 4.98 Å². The third kappa shape index (κ3) is 10.7. The number of pyridine rings is 1. The Hall–Kier alpha value is -7.61. The summed E-state index contributed by atoms with van der Waals surface area (Å²) in [5.74, 6) is 0. The van der Waals surface area contributed by atoms with E-state index in [0.717, 1.165) is 38.9 Å². The standard InChI is InChI=1S/C73H71N/c1-70(2,3)64-28-20-48(21-29-64)55-39-56(49-22-30-65(31-23-49)71(4,5)6)42-60(41-55)62-45-59(53-17-15-18-54(38-53)69-68-19-14-13-16-52(68)36-37-74-69)46-63(47-62)61-43-57(50-24-32-66(33-25-50)72(7,8)9)40-58(44-61)51-26-34-67(35-27-51)73(10,11)12/h13-47H,1-12H3. The highest BCUT2D eigenvalue weighted by Crippen LogP contribution is 2.42. The molecule has 0 N–H and O–H groups in total. The molecule has 0 aliphatic rings. The molecule has 74 heavy (non-hydrogen) atoms. The van der Waals surface area contributed by atoms with Gasteiger partial charge in [-0.1, -0.05) is 223 Å². The second-order valence-electron chi connectivity index (χ2n) is 24.7. The molecule has 368 valence electrons. The van der Waals surface area contributed by atoms with Gasteiger partial charge in [0.2, 0.25) is 0 Å². The summed E-state index contributed by atoms with van der Waals surface area (Å²) < 4.78 is 0. The third-order valence-electron chi connectivity index (χ3n) is 14.9. The van der Waals surface area contributed by atoms with Crippen LogP contribution < -0.4 is 0 Å². The average molecular weight is 962 g/mol. The summed E-state index contributed by atoms with van der Waals surface area (Å²) in [4.78, 5) is 4.97. The first-order valence-electron chi connectivity index (χ1n) is 26.5. The Morgan fingerprint density at radius 2 is 0.500 bits per heavy atom. The maximum atomic E-state index is 4.97. The fourth-order valence-corrected chi connectivity index (χ4v) is 10.2. The molecule has 0 saturated carbocycles. The molecule has 1 nitrogen and oxygen atoms in total. The second-order valence-corrected chi connectivity index (χ2v) is 24.7. The van der Waals surface area contributed by atoms with Crippen LogP contribution in [0.5, 0.6) is 0 Å². The average Bonchev–Trinajstić information content (AvgIpc) is 3.39. The molecule has 10 rings (SSSR count). The van der Waals surface area contributed by atoms with E-state index in [9.17, 15) is 0 Å². The highest BCUT2D eigenvalue weighted by molar-refractivity contribution is 5.96. The minimum Gasteiger partial charge on any atom is -0.256 e. The molecule has 9 aromatic carbocycles. The number of fused-ring (bicyclic) bond motifs is 1. The van der Waals surface area contributed by atoms with Crippen LogP contribution in [0.2, 0.25) is 0 Å². The van der Waals surface area contributed by atoms with Gasteiger partial charge in [-0.3, -0.25) is 4.98 Å². The van der Waals surface area contributed by atoms with Crippen molar-refractivity contribution in [1.29, 1.82) is 0 Å². The molecule has 1 heterocycles. The number of nitrogens with zero attached hydrogens (tertiary/aromatic N) is 1. The number of hydrogen-bond donors (Lipinski definition) is 0. The Kier molecular flexibility index (Phi) is 13.1. The summed E-state index contributed by atoms with van der Waals surface area (Å²) in [5, 5.41) is 2.33. The van der Waals surface area contributed by atoms with Gasteiger partial charge in [0.15, 0.2) is 0 Å². The van der Waals surface area contributed by atoms with Crippen molar-refractivity contribution in [1.82, 2.24) is 4.98 Å². The number of rotatable bonds is 8. The first-order valence-corrected chi connectivity index (χ1v) is 26.5. The molecule has 0 spiro atoms. The summed E-state index contributed by atoms with van der Waals surface area (Å²) >= 11 is 0. The molecular weight excluding hydrogens is 891 g/mol. The summed E-state index contributed by atoms with van der Waals surface area (Å²) in [5.41, 5.74) is 24.1. The van der Waals surface area contributed by atoms with E-state index in [0.29, 0.717) is 0 Å². The van der Waals surface area contributed by atoms with Crippen LogP contribution in [0.1, 0.15) is 105 Å². The number of benzene rings is 9. The zero-order chi connectivity index (χ0) is 52.2. The Balaban J connectivity index is 1.21. The van der Waals surface area contributed by atoms with Crippen molar-refractivity contribution in [3.63, 3.8) is 0 Å². The Morgan fingerprint density at radius 1 is 0.230 bits per heavy atom. The SMILES string of the molecule is CC(C)(C)c1ccc(-c2cc(-c3ccc(C(C)(C)C)cc3)cc(-c3cc(-c4cc(-c5ccc(C(C)(C)C)cc5)cc(-c5ccc(C(C)(C)C)cc5)c4)cc(-c4cccc(-c5nccc6ccccc56)c4)c3)c2)cc1. The zero-order valence-corrected chi connectivity index (χ0v) is 45.7. The minimum absolute atomic E-state index is 0.0566. The predicted molar refractivity (Wildman–Crippen MR) is 320 cm³/mol.